The van der Waals surface area contributed by atoms with Gasteiger partial charge in [0.15, 0.2) is 0 Å². The molecule has 0 amide bonds. The predicted molar refractivity (Wildman–Crippen MR) is 76.1 cm³/mol. The lowest BCUT2D eigenvalue weighted by molar-refractivity contribution is 0.0681. The van der Waals surface area contributed by atoms with Crippen LogP contribution in [-0.2, 0) is 11.4 Å². The molecular formula is C15H21N3O. The molecule has 19 heavy (non-hydrogen) atoms. The zero-order chi connectivity index (χ0) is 13.3. The first-order valence-electron chi connectivity index (χ1n) is 6.77. The van der Waals surface area contributed by atoms with Crippen LogP contribution >= 0.6 is 0 Å². The minimum absolute atomic E-state index is 0.236. The van der Waals surface area contributed by atoms with Crippen molar-refractivity contribution in [2.24, 2.45) is 10.6 Å². The van der Waals surface area contributed by atoms with Crippen LogP contribution in [0.15, 0.2) is 35.5 Å². The van der Waals surface area contributed by atoms with Crippen LogP contribution < -0.4 is 0 Å². The Morgan fingerprint density at radius 1 is 1.21 bits per heavy atom. The van der Waals surface area contributed by atoms with Gasteiger partial charge in [0.1, 0.15) is 7.11 Å². The third-order valence-corrected chi connectivity index (χ3v) is 4.11. The quantitative estimate of drug-likeness (QED) is 0.769. The Kier molecular flexibility index (Phi) is 3.29. The van der Waals surface area contributed by atoms with Crippen molar-refractivity contribution >= 4 is 5.71 Å². The number of hydrogen-bond donors (Lipinski definition) is 0. The summed E-state index contributed by atoms with van der Waals surface area (Å²) in [6, 6.07) is 10.6. The fourth-order valence-electron chi connectivity index (χ4n) is 3.41. The van der Waals surface area contributed by atoms with Crippen molar-refractivity contribution in [3.8, 4) is 0 Å². The predicted octanol–water partition coefficient (Wildman–Crippen LogP) is 1.44. The Bertz CT molecular complexity index is 466. The molecule has 0 saturated carbocycles. The maximum absolute atomic E-state index is 5.03. The summed E-state index contributed by atoms with van der Waals surface area (Å²) in [7, 11) is 3.80. The van der Waals surface area contributed by atoms with Crippen molar-refractivity contribution in [3.63, 3.8) is 0 Å². The van der Waals surface area contributed by atoms with E-state index < -0.39 is 0 Å². The highest BCUT2D eigenvalue weighted by Gasteiger charge is 2.51. The van der Waals surface area contributed by atoms with Gasteiger partial charge in [-0.25, -0.2) is 0 Å². The van der Waals surface area contributed by atoms with Crippen LogP contribution in [0.4, 0.5) is 0 Å². The molecule has 0 unspecified atom stereocenters. The summed E-state index contributed by atoms with van der Waals surface area (Å²) in [5.41, 5.74) is 2.81. The van der Waals surface area contributed by atoms with Gasteiger partial charge in [-0.3, -0.25) is 4.90 Å². The van der Waals surface area contributed by atoms with E-state index >= 15 is 0 Å². The SMILES string of the molecule is CO/N=C1/CN(Cc2ccccc2)CC12CN(C)C2. The summed E-state index contributed by atoms with van der Waals surface area (Å²) in [6.07, 6.45) is 0. The van der Waals surface area contributed by atoms with Gasteiger partial charge >= 0.3 is 0 Å². The second-order valence-corrected chi connectivity index (χ2v) is 5.80. The van der Waals surface area contributed by atoms with Crippen molar-refractivity contribution in [2.75, 3.05) is 40.3 Å². The molecule has 2 aliphatic heterocycles. The number of nitrogens with zero attached hydrogens (tertiary/aromatic N) is 3. The van der Waals surface area contributed by atoms with Gasteiger partial charge in [-0.2, -0.15) is 0 Å². The highest BCUT2D eigenvalue weighted by molar-refractivity contribution is 5.95. The molecule has 2 saturated heterocycles. The first-order chi connectivity index (χ1) is 9.22. The molecule has 2 heterocycles. The first kappa shape index (κ1) is 12.6. The van der Waals surface area contributed by atoms with Gasteiger partial charge in [-0.1, -0.05) is 35.5 Å². The zero-order valence-electron chi connectivity index (χ0n) is 11.7. The smallest absolute Gasteiger partial charge is 0.106 e. The Hall–Kier alpha value is -1.39. The molecule has 3 rings (SSSR count). The molecule has 0 radical (unpaired) electrons. The highest BCUT2D eigenvalue weighted by atomic mass is 16.6. The van der Waals surface area contributed by atoms with Crippen LogP contribution in [0.25, 0.3) is 0 Å². The van der Waals surface area contributed by atoms with Crippen LogP contribution in [0.5, 0.6) is 0 Å². The van der Waals surface area contributed by atoms with Crippen molar-refractivity contribution < 1.29 is 4.84 Å². The highest BCUT2D eigenvalue weighted by Crippen LogP contribution is 2.37. The normalized spacial score (nSPS) is 24.8. The molecule has 2 aliphatic rings. The number of rotatable bonds is 3. The van der Waals surface area contributed by atoms with E-state index in [1.54, 1.807) is 7.11 Å². The first-order valence-corrected chi connectivity index (χ1v) is 6.77. The summed E-state index contributed by atoms with van der Waals surface area (Å²) < 4.78 is 0. The number of hydrogen-bond acceptors (Lipinski definition) is 4. The van der Waals surface area contributed by atoms with E-state index in [2.05, 4.69) is 52.3 Å². The third kappa shape index (κ3) is 2.38. The Morgan fingerprint density at radius 3 is 2.58 bits per heavy atom. The molecule has 1 aromatic carbocycles. The van der Waals surface area contributed by atoms with E-state index in [-0.39, 0.29) is 5.41 Å². The van der Waals surface area contributed by atoms with E-state index in [0.717, 1.165) is 32.7 Å². The van der Waals surface area contributed by atoms with Gasteiger partial charge in [0.2, 0.25) is 0 Å². The van der Waals surface area contributed by atoms with E-state index in [4.69, 9.17) is 4.84 Å². The van der Waals surface area contributed by atoms with Gasteiger partial charge in [-0.15, -0.1) is 0 Å². The topological polar surface area (TPSA) is 28.1 Å². The molecule has 0 aromatic heterocycles. The molecule has 0 atom stereocenters. The van der Waals surface area contributed by atoms with E-state index in [1.165, 1.54) is 11.3 Å². The lowest BCUT2D eigenvalue weighted by Gasteiger charge is -2.45. The van der Waals surface area contributed by atoms with Crippen LogP contribution in [0, 0.1) is 5.41 Å². The number of likely N-dealkylation sites (tertiary alicyclic amines) is 2. The van der Waals surface area contributed by atoms with Crippen molar-refractivity contribution in [2.45, 2.75) is 6.54 Å². The monoisotopic (exact) mass is 259 g/mol. The third-order valence-electron chi connectivity index (χ3n) is 4.11. The van der Waals surface area contributed by atoms with Crippen molar-refractivity contribution in [1.29, 1.82) is 0 Å². The van der Waals surface area contributed by atoms with Gasteiger partial charge in [0.05, 0.1) is 11.1 Å². The Labute approximate surface area is 114 Å². The molecule has 2 fully saturated rings. The maximum Gasteiger partial charge on any atom is 0.106 e. The molecule has 1 aromatic rings. The second-order valence-electron chi connectivity index (χ2n) is 5.80. The van der Waals surface area contributed by atoms with Gasteiger partial charge in [0.25, 0.3) is 0 Å². The van der Waals surface area contributed by atoms with Crippen LogP contribution in [0.1, 0.15) is 5.56 Å². The Morgan fingerprint density at radius 2 is 1.95 bits per heavy atom. The van der Waals surface area contributed by atoms with Crippen molar-refractivity contribution in [3.05, 3.63) is 35.9 Å². The van der Waals surface area contributed by atoms with E-state index in [9.17, 15) is 0 Å². The molecule has 0 bridgehead atoms. The zero-order valence-corrected chi connectivity index (χ0v) is 11.7. The molecule has 102 valence electrons. The second kappa shape index (κ2) is 4.94. The fourth-order valence-corrected chi connectivity index (χ4v) is 3.41. The molecular weight excluding hydrogens is 238 g/mol. The summed E-state index contributed by atoms with van der Waals surface area (Å²) in [4.78, 5) is 9.85. The van der Waals surface area contributed by atoms with Crippen LogP contribution in [0.2, 0.25) is 0 Å². The van der Waals surface area contributed by atoms with Crippen LogP contribution in [0.3, 0.4) is 0 Å². The molecule has 4 nitrogen and oxygen atoms in total. The standard InChI is InChI=1S/C15H21N3O/c1-17-10-15(11-17)12-18(9-14(15)16-19-2)8-13-6-4-3-5-7-13/h3-7H,8-12H2,1-2H3/b16-14-. The van der Waals surface area contributed by atoms with E-state index in [1.807, 2.05) is 0 Å². The van der Waals surface area contributed by atoms with Gasteiger partial charge in [0, 0.05) is 32.7 Å². The molecule has 0 N–H and O–H groups in total. The molecule has 4 heteroatoms. The minimum Gasteiger partial charge on any atom is -0.399 e. The Balaban J connectivity index is 1.71. The molecule has 1 spiro atoms. The largest absolute Gasteiger partial charge is 0.399 e. The minimum atomic E-state index is 0.236. The summed E-state index contributed by atoms with van der Waals surface area (Å²) >= 11 is 0. The van der Waals surface area contributed by atoms with Crippen molar-refractivity contribution in [1.82, 2.24) is 9.80 Å². The fraction of sp³-hybridized carbons (Fsp3) is 0.533. The molecule has 0 aliphatic carbocycles. The summed E-state index contributed by atoms with van der Waals surface area (Å²) in [6.45, 7) is 5.21. The maximum atomic E-state index is 5.03. The van der Waals surface area contributed by atoms with Gasteiger partial charge in [-0.05, 0) is 12.6 Å². The average molecular weight is 259 g/mol. The summed E-state index contributed by atoms with van der Waals surface area (Å²) in [5, 5.41) is 4.27. The number of benzene rings is 1. The lowest BCUT2D eigenvalue weighted by Crippen LogP contribution is -2.59. The summed E-state index contributed by atoms with van der Waals surface area (Å²) in [5.74, 6) is 0. The van der Waals surface area contributed by atoms with Gasteiger partial charge < -0.3 is 9.74 Å². The lowest BCUT2D eigenvalue weighted by atomic mass is 9.78. The van der Waals surface area contributed by atoms with E-state index in [0.29, 0.717) is 0 Å². The average Bonchev–Trinajstić information content (AvgIpc) is 2.69. The number of oxime groups is 1. The van der Waals surface area contributed by atoms with Crippen LogP contribution in [-0.4, -0.2) is 55.8 Å².